The van der Waals surface area contributed by atoms with Crippen molar-refractivity contribution in [1.29, 1.82) is 0 Å². The number of aromatic nitrogens is 4. The molecule has 2 aliphatic rings. The molecule has 16 heteroatoms. The van der Waals surface area contributed by atoms with Crippen LogP contribution in [0.3, 0.4) is 0 Å². The number of hydrogen-bond donors (Lipinski definition) is 2. The molecule has 1 saturated heterocycles. The normalized spacial score (nSPS) is 17.5. The number of halogens is 2. The highest BCUT2D eigenvalue weighted by atomic mass is 35.5. The van der Waals surface area contributed by atoms with Crippen LogP contribution in [0.25, 0.3) is 33.6 Å². The number of rotatable bonds is 14. The summed E-state index contributed by atoms with van der Waals surface area (Å²) in [6, 6.07) is 11.1. The second-order valence-electron chi connectivity index (χ2n) is 12.9. The lowest BCUT2D eigenvalue weighted by molar-refractivity contribution is -0.119. The summed E-state index contributed by atoms with van der Waals surface area (Å²) in [5.41, 5.74) is 4.20. The largest absolute Gasteiger partial charge is 0.480 e. The SMILES string of the molecule is COc1nc(-c2cccc(-c3cccc(-c4cnc(CN(C[C@@H]5CCC(=O)C5)S(=O)(=O)O)c(OC)n4)c3Cl)c2Cl)cnc1CCC[C@@H]1CCC(=O)N1. The molecule has 13 nitrogen and oxygen atoms in total. The van der Waals surface area contributed by atoms with Crippen molar-refractivity contribution in [2.45, 2.75) is 64.0 Å². The lowest BCUT2D eigenvalue weighted by Gasteiger charge is -2.22. The minimum atomic E-state index is -4.60. The number of Topliss-reactive ketones (excluding diaryl/α,β-unsaturated/α-hetero) is 1. The van der Waals surface area contributed by atoms with Crippen molar-refractivity contribution in [2.24, 2.45) is 5.92 Å². The lowest BCUT2D eigenvalue weighted by Crippen LogP contribution is -2.34. The zero-order valence-corrected chi connectivity index (χ0v) is 31.0. The number of carbonyl (C=O) groups excluding carboxylic acids is 2. The van der Waals surface area contributed by atoms with Crippen LogP contribution < -0.4 is 14.8 Å². The molecule has 3 heterocycles. The second kappa shape index (κ2) is 16.2. The molecule has 2 aromatic heterocycles. The molecule has 1 saturated carbocycles. The van der Waals surface area contributed by atoms with E-state index in [0.29, 0.717) is 75.3 Å². The van der Waals surface area contributed by atoms with Crippen molar-refractivity contribution in [3.8, 4) is 45.4 Å². The Kier molecular flexibility index (Phi) is 11.7. The Bertz CT molecular complexity index is 2100. The number of methoxy groups -OCH3 is 2. The van der Waals surface area contributed by atoms with Crippen LogP contribution in [0.15, 0.2) is 48.8 Å². The highest BCUT2D eigenvalue weighted by Gasteiger charge is 2.30. The average Bonchev–Trinajstić information content (AvgIpc) is 3.74. The van der Waals surface area contributed by atoms with E-state index in [0.717, 1.165) is 29.3 Å². The predicted octanol–water partition coefficient (Wildman–Crippen LogP) is 6.17. The molecule has 1 aliphatic carbocycles. The molecular formula is C36H38Cl2N6O7S. The first kappa shape index (κ1) is 37.5. The van der Waals surface area contributed by atoms with Gasteiger partial charge in [0.05, 0.1) is 54.6 Å². The zero-order chi connectivity index (χ0) is 37.0. The van der Waals surface area contributed by atoms with Crippen LogP contribution in [-0.4, -0.2) is 75.7 Å². The number of carbonyl (C=O) groups is 2. The summed E-state index contributed by atoms with van der Waals surface area (Å²) in [4.78, 5) is 41.7. The topological polar surface area (TPSA) is 174 Å². The van der Waals surface area contributed by atoms with Gasteiger partial charge in [-0.15, -0.1) is 0 Å². The van der Waals surface area contributed by atoms with Gasteiger partial charge in [0.25, 0.3) is 0 Å². The zero-order valence-electron chi connectivity index (χ0n) is 28.6. The van der Waals surface area contributed by atoms with Crippen LogP contribution in [0.1, 0.15) is 56.3 Å². The number of aryl methyl sites for hydroxylation is 1. The summed E-state index contributed by atoms with van der Waals surface area (Å²) in [5, 5.41) is 3.73. The number of hydrogen-bond acceptors (Lipinski definition) is 10. The van der Waals surface area contributed by atoms with Gasteiger partial charge in [0, 0.05) is 54.1 Å². The maximum atomic E-state index is 12.2. The Hall–Kier alpha value is -4.21. The fourth-order valence-electron chi connectivity index (χ4n) is 6.69. The third-order valence-electron chi connectivity index (χ3n) is 9.36. The molecule has 274 valence electrons. The van der Waals surface area contributed by atoms with Gasteiger partial charge in [0.15, 0.2) is 0 Å². The van der Waals surface area contributed by atoms with E-state index in [2.05, 4.69) is 20.3 Å². The minimum Gasteiger partial charge on any atom is -0.480 e. The van der Waals surface area contributed by atoms with Gasteiger partial charge in [-0.1, -0.05) is 59.6 Å². The number of amides is 1. The van der Waals surface area contributed by atoms with Gasteiger partial charge in [0.2, 0.25) is 17.7 Å². The van der Waals surface area contributed by atoms with E-state index < -0.39 is 10.3 Å². The van der Waals surface area contributed by atoms with Gasteiger partial charge < -0.3 is 14.8 Å². The molecule has 0 radical (unpaired) electrons. The average molecular weight is 770 g/mol. The van der Waals surface area contributed by atoms with E-state index in [1.165, 1.54) is 13.3 Å². The number of ketones is 1. The van der Waals surface area contributed by atoms with Gasteiger partial charge in [-0.05, 0) is 38.0 Å². The maximum absolute atomic E-state index is 12.2. The summed E-state index contributed by atoms with van der Waals surface area (Å²) in [6.07, 6.45) is 8.06. The number of benzene rings is 2. The van der Waals surface area contributed by atoms with Crippen LogP contribution in [0.2, 0.25) is 10.0 Å². The van der Waals surface area contributed by atoms with Gasteiger partial charge in [-0.3, -0.25) is 24.1 Å². The minimum absolute atomic E-state index is 0.0320. The third-order valence-corrected chi connectivity index (χ3v) is 11.1. The fourth-order valence-corrected chi connectivity index (χ4v) is 8.02. The number of ether oxygens (including phenoxy) is 2. The lowest BCUT2D eigenvalue weighted by atomic mass is 9.98. The Morgan fingerprint density at radius 2 is 1.44 bits per heavy atom. The second-order valence-corrected chi connectivity index (χ2v) is 15.0. The molecule has 1 aliphatic heterocycles. The maximum Gasteiger partial charge on any atom is 0.336 e. The molecule has 6 rings (SSSR count). The fraction of sp³-hybridized carbons (Fsp3) is 0.389. The first-order valence-corrected chi connectivity index (χ1v) is 19.0. The van der Waals surface area contributed by atoms with Crippen molar-refractivity contribution in [1.82, 2.24) is 29.6 Å². The van der Waals surface area contributed by atoms with E-state index >= 15 is 0 Å². The van der Waals surface area contributed by atoms with Gasteiger partial charge in [-0.25, -0.2) is 9.97 Å². The summed E-state index contributed by atoms with van der Waals surface area (Å²) in [5.74, 6) is 0.421. The van der Waals surface area contributed by atoms with Crippen LogP contribution >= 0.6 is 23.2 Å². The molecule has 2 atom stereocenters. The Balaban J connectivity index is 1.24. The molecule has 0 unspecified atom stereocenters. The van der Waals surface area contributed by atoms with Crippen molar-refractivity contribution in [3.63, 3.8) is 0 Å². The van der Waals surface area contributed by atoms with E-state index in [-0.39, 0.29) is 54.7 Å². The molecule has 0 spiro atoms. The summed E-state index contributed by atoms with van der Waals surface area (Å²) < 4.78 is 46.4. The Morgan fingerprint density at radius 3 is 1.96 bits per heavy atom. The van der Waals surface area contributed by atoms with E-state index in [1.807, 2.05) is 24.3 Å². The quantitative estimate of drug-likeness (QED) is 0.141. The summed E-state index contributed by atoms with van der Waals surface area (Å²) in [7, 11) is -1.67. The van der Waals surface area contributed by atoms with Crippen LogP contribution in [0, 0.1) is 5.92 Å². The molecule has 0 bridgehead atoms. The standard InChI is InChI=1S/C36H38Cl2N6O7S/c1-50-35-28(11-3-6-22-13-15-32(46)41-22)39-17-29(42-35)26-9-4-7-24(33(26)37)25-8-5-10-27(34(25)38)30-18-40-31(36(43-30)51-2)20-44(52(47,48)49)19-21-12-14-23(45)16-21/h4-5,7-10,17-18,21-22H,3,6,11-16,19-20H2,1-2H3,(H,41,46)(H,47,48,49)/t21-,22-/m1/s1. The van der Waals surface area contributed by atoms with Crippen LogP contribution in [0.5, 0.6) is 11.8 Å². The van der Waals surface area contributed by atoms with E-state index in [9.17, 15) is 22.6 Å². The van der Waals surface area contributed by atoms with Gasteiger partial charge in [0.1, 0.15) is 17.2 Å². The highest BCUT2D eigenvalue weighted by molar-refractivity contribution is 7.83. The molecule has 1 amide bonds. The highest BCUT2D eigenvalue weighted by Crippen LogP contribution is 2.42. The third kappa shape index (κ3) is 8.53. The first-order valence-electron chi connectivity index (χ1n) is 16.9. The van der Waals surface area contributed by atoms with Gasteiger partial charge >= 0.3 is 10.3 Å². The molecule has 2 N–H and O–H groups in total. The van der Waals surface area contributed by atoms with Crippen LogP contribution in [-0.2, 0) is 32.9 Å². The summed E-state index contributed by atoms with van der Waals surface area (Å²) in [6.45, 7) is -0.333. The Labute approximate surface area is 312 Å². The van der Waals surface area contributed by atoms with Crippen molar-refractivity contribution < 1.29 is 32.0 Å². The monoisotopic (exact) mass is 768 g/mol. The molecule has 52 heavy (non-hydrogen) atoms. The van der Waals surface area contributed by atoms with E-state index in [4.69, 9.17) is 37.7 Å². The van der Waals surface area contributed by atoms with Gasteiger partial charge in [-0.2, -0.15) is 12.7 Å². The molecular weight excluding hydrogens is 731 g/mol. The van der Waals surface area contributed by atoms with Crippen molar-refractivity contribution in [2.75, 3.05) is 20.8 Å². The number of nitrogens with zero attached hydrogens (tertiary/aromatic N) is 5. The van der Waals surface area contributed by atoms with Crippen LogP contribution in [0.4, 0.5) is 0 Å². The Morgan fingerprint density at radius 1 is 0.865 bits per heavy atom. The van der Waals surface area contributed by atoms with Crippen molar-refractivity contribution in [3.05, 3.63) is 70.2 Å². The first-order chi connectivity index (χ1) is 24.9. The molecule has 2 fully saturated rings. The summed E-state index contributed by atoms with van der Waals surface area (Å²) >= 11 is 14.1. The van der Waals surface area contributed by atoms with E-state index in [1.54, 1.807) is 25.4 Å². The molecule has 2 aromatic carbocycles. The molecule has 4 aromatic rings. The smallest absolute Gasteiger partial charge is 0.336 e. The van der Waals surface area contributed by atoms with Crippen molar-refractivity contribution >= 4 is 45.2 Å². The predicted molar refractivity (Wildman–Crippen MR) is 195 cm³/mol. The number of nitrogens with one attached hydrogen (secondary N) is 1.